The van der Waals surface area contributed by atoms with Crippen molar-refractivity contribution in [1.29, 1.82) is 5.26 Å². The highest BCUT2D eigenvalue weighted by molar-refractivity contribution is 5.93. The molecule has 0 radical (unpaired) electrons. The lowest BCUT2D eigenvalue weighted by molar-refractivity contribution is -0.135. The molecule has 5 heteroatoms. The number of hydrogen-bond donors (Lipinski definition) is 1. The predicted octanol–water partition coefficient (Wildman–Crippen LogP) is 0.293. The zero-order chi connectivity index (χ0) is 10.6. The van der Waals surface area contributed by atoms with Crippen LogP contribution in [0, 0.1) is 11.3 Å². The van der Waals surface area contributed by atoms with Gasteiger partial charge in [0, 0.05) is 0 Å². The Morgan fingerprint density at radius 1 is 1.86 bits per heavy atom. The lowest BCUT2D eigenvalue weighted by Crippen LogP contribution is -2.23. The minimum atomic E-state index is -0.674. The summed E-state index contributed by atoms with van der Waals surface area (Å²) < 4.78 is 9.62. The van der Waals surface area contributed by atoms with E-state index in [9.17, 15) is 4.79 Å². The summed E-state index contributed by atoms with van der Waals surface area (Å²) in [6.07, 6.45) is 0.878. The van der Waals surface area contributed by atoms with E-state index in [1.54, 1.807) is 6.07 Å². The Hall–Kier alpha value is -1.70. The van der Waals surface area contributed by atoms with E-state index in [1.165, 1.54) is 7.11 Å². The van der Waals surface area contributed by atoms with Gasteiger partial charge in [-0.1, -0.05) is 6.92 Å². The van der Waals surface area contributed by atoms with Gasteiger partial charge in [-0.25, -0.2) is 4.79 Å². The maximum atomic E-state index is 11.1. The summed E-state index contributed by atoms with van der Waals surface area (Å²) in [6.45, 7) is 2.47. The fourth-order valence-corrected chi connectivity index (χ4v) is 1.11. The number of rotatable bonds is 2. The first-order valence-corrected chi connectivity index (χ1v) is 4.35. The molecule has 0 spiro atoms. The van der Waals surface area contributed by atoms with Crippen molar-refractivity contribution in [3.63, 3.8) is 0 Å². The highest BCUT2D eigenvalue weighted by Crippen LogP contribution is 2.13. The maximum Gasteiger partial charge on any atom is 0.354 e. The van der Waals surface area contributed by atoms with Crippen LogP contribution in [0.5, 0.6) is 0 Å². The molecule has 1 N–H and O–H groups in total. The van der Waals surface area contributed by atoms with Crippen LogP contribution in [0.2, 0.25) is 0 Å². The Labute approximate surface area is 82.3 Å². The Kier molecular flexibility index (Phi) is 3.35. The molecule has 0 saturated carbocycles. The molecule has 0 unspecified atom stereocenters. The minimum absolute atomic E-state index is 0.108. The lowest BCUT2D eigenvalue weighted by atomic mass is 10.2. The topological polar surface area (TPSA) is 71.3 Å². The molecule has 0 aromatic carbocycles. The first kappa shape index (κ1) is 10.4. The second kappa shape index (κ2) is 4.51. The molecular weight excluding hydrogens is 184 g/mol. The van der Waals surface area contributed by atoms with Crippen LogP contribution in [-0.2, 0) is 14.3 Å². The third kappa shape index (κ3) is 1.96. The molecular formula is C9H12N2O3. The fourth-order valence-electron chi connectivity index (χ4n) is 1.11. The van der Waals surface area contributed by atoms with Gasteiger partial charge in [-0.05, 0) is 6.42 Å². The average molecular weight is 196 g/mol. The quantitative estimate of drug-likeness (QED) is 0.390. The molecule has 1 atom stereocenters. The lowest BCUT2D eigenvalue weighted by Gasteiger charge is -2.03. The minimum Gasteiger partial charge on any atom is -0.476 e. The van der Waals surface area contributed by atoms with Gasteiger partial charge in [0.1, 0.15) is 12.7 Å². The van der Waals surface area contributed by atoms with Gasteiger partial charge in [0.15, 0.2) is 5.57 Å². The van der Waals surface area contributed by atoms with E-state index in [0.717, 1.165) is 6.42 Å². The van der Waals surface area contributed by atoms with E-state index in [1.807, 2.05) is 6.92 Å². The molecule has 0 bridgehead atoms. The number of carbonyl (C=O) groups excluding carboxylic acids is 1. The summed E-state index contributed by atoms with van der Waals surface area (Å²) in [5.41, 5.74) is -0.108. The molecule has 0 aliphatic carbocycles. The van der Waals surface area contributed by atoms with Gasteiger partial charge in [-0.2, -0.15) is 5.26 Å². The predicted molar refractivity (Wildman–Crippen MR) is 47.8 cm³/mol. The monoisotopic (exact) mass is 196 g/mol. The Balaban J connectivity index is 2.82. The van der Waals surface area contributed by atoms with Crippen LogP contribution in [-0.4, -0.2) is 25.7 Å². The number of nitriles is 1. The summed E-state index contributed by atoms with van der Waals surface area (Å²) in [5, 5.41) is 11.7. The first-order chi connectivity index (χ1) is 6.72. The molecule has 5 nitrogen and oxygen atoms in total. The Morgan fingerprint density at radius 3 is 3.00 bits per heavy atom. The molecule has 76 valence electrons. The number of carbonyl (C=O) groups is 1. The second-order valence-corrected chi connectivity index (χ2v) is 2.87. The molecule has 1 aliphatic rings. The van der Waals surface area contributed by atoms with Crippen molar-refractivity contribution in [2.24, 2.45) is 0 Å². The van der Waals surface area contributed by atoms with Crippen molar-refractivity contribution in [3.05, 3.63) is 11.5 Å². The standard InChI is InChI=1S/C9H12N2O3/c1-3-6-5-14-8(11-6)7(4-10)9(12)13-2/h6,11H,3,5H2,1-2H3/b8-7+/t6-/m0/s1. The van der Waals surface area contributed by atoms with E-state index in [2.05, 4.69) is 10.1 Å². The van der Waals surface area contributed by atoms with Crippen LogP contribution in [0.1, 0.15) is 13.3 Å². The molecule has 1 aliphatic heterocycles. The third-order valence-electron chi connectivity index (χ3n) is 1.99. The van der Waals surface area contributed by atoms with Gasteiger partial charge in [0.05, 0.1) is 13.2 Å². The van der Waals surface area contributed by atoms with Crippen LogP contribution in [0.4, 0.5) is 0 Å². The molecule has 1 saturated heterocycles. The van der Waals surface area contributed by atoms with Gasteiger partial charge in [-0.3, -0.25) is 0 Å². The first-order valence-electron chi connectivity index (χ1n) is 4.35. The van der Waals surface area contributed by atoms with Gasteiger partial charge in [-0.15, -0.1) is 0 Å². The summed E-state index contributed by atoms with van der Waals surface area (Å²) in [4.78, 5) is 11.1. The van der Waals surface area contributed by atoms with Gasteiger partial charge >= 0.3 is 5.97 Å². The second-order valence-electron chi connectivity index (χ2n) is 2.87. The Bertz CT molecular complexity index is 304. The SMILES string of the molecule is CC[C@H]1CO/C(=C(\C#N)C(=O)OC)N1. The highest BCUT2D eigenvalue weighted by atomic mass is 16.5. The van der Waals surface area contributed by atoms with E-state index in [4.69, 9.17) is 10.00 Å². The fraction of sp³-hybridized carbons (Fsp3) is 0.556. The molecule has 1 heterocycles. The largest absolute Gasteiger partial charge is 0.476 e. The van der Waals surface area contributed by atoms with Crippen molar-refractivity contribution in [2.75, 3.05) is 13.7 Å². The normalized spacial score (nSPS) is 23.1. The van der Waals surface area contributed by atoms with E-state index in [-0.39, 0.29) is 17.5 Å². The van der Waals surface area contributed by atoms with Crippen LogP contribution in [0.25, 0.3) is 0 Å². The smallest absolute Gasteiger partial charge is 0.354 e. The van der Waals surface area contributed by atoms with Gasteiger partial charge in [0.25, 0.3) is 0 Å². The zero-order valence-corrected chi connectivity index (χ0v) is 8.16. The molecule has 0 aromatic heterocycles. The average Bonchev–Trinajstić information content (AvgIpc) is 2.67. The molecule has 0 amide bonds. The van der Waals surface area contributed by atoms with Crippen molar-refractivity contribution in [1.82, 2.24) is 5.32 Å². The Morgan fingerprint density at radius 2 is 2.57 bits per heavy atom. The number of esters is 1. The third-order valence-corrected chi connectivity index (χ3v) is 1.99. The molecule has 0 aromatic rings. The van der Waals surface area contributed by atoms with Crippen LogP contribution < -0.4 is 5.32 Å². The van der Waals surface area contributed by atoms with E-state index in [0.29, 0.717) is 6.61 Å². The zero-order valence-electron chi connectivity index (χ0n) is 8.16. The molecule has 1 rings (SSSR count). The van der Waals surface area contributed by atoms with Gasteiger partial charge < -0.3 is 14.8 Å². The number of nitrogens with zero attached hydrogens (tertiary/aromatic N) is 1. The van der Waals surface area contributed by atoms with Crippen LogP contribution in [0.15, 0.2) is 11.5 Å². The maximum absolute atomic E-state index is 11.1. The molecule has 1 fully saturated rings. The van der Waals surface area contributed by atoms with Gasteiger partial charge in [0.2, 0.25) is 5.88 Å². The van der Waals surface area contributed by atoms with Crippen molar-refractivity contribution >= 4 is 5.97 Å². The van der Waals surface area contributed by atoms with Crippen LogP contribution >= 0.6 is 0 Å². The van der Waals surface area contributed by atoms with Crippen molar-refractivity contribution in [3.8, 4) is 6.07 Å². The van der Waals surface area contributed by atoms with Crippen molar-refractivity contribution in [2.45, 2.75) is 19.4 Å². The van der Waals surface area contributed by atoms with E-state index < -0.39 is 5.97 Å². The number of nitrogens with one attached hydrogen (secondary N) is 1. The number of ether oxygens (including phenoxy) is 2. The highest BCUT2D eigenvalue weighted by Gasteiger charge is 2.25. The summed E-state index contributed by atoms with van der Waals surface area (Å²) in [6, 6.07) is 1.92. The summed E-state index contributed by atoms with van der Waals surface area (Å²) in [7, 11) is 1.23. The molecule has 14 heavy (non-hydrogen) atoms. The van der Waals surface area contributed by atoms with Crippen LogP contribution in [0.3, 0.4) is 0 Å². The number of methoxy groups -OCH3 is 1. The van der Waals surface area contributed by atoms with E-state index >= 15 is 0 Å². The summed E-state index contributed by atoms with van der Waals surface area (Å²) >= 11 is 0. The van der Waals surface area contributed by atoms with Crippen molar-refractivity contribution < 1.29 is 14.3 Å². The summed E-state index contributed by atoms with van der Waals surface area (Å²) in [5.74, 6) is -0.446. The number of hydrogen-bond acceptors (Lipinski definition) is 5.